The fraction of sp³-hybridized carbons (Fsp3) is 0.286. The summed E-state index contributed by atoms with van der Waals surface area (Å²) in [6.45, 7) is 5.24. The summed E-state index contributed by atoms with van der Waals surface area (Å²) < 4.78 is 4.91. The molecule has 1 aromatic rings. The Morgan fingerprint density at radius 2 is 2.00 bits per heavy atom. The van der Waals surface area contributed by atoms with Crippen LogP contribution in [0.5, 0.6) is 5.88 Å². The molecular formula is C14H15N3O5. The number of carbonyl (C=O) groups excluding carboxylic acids is 1. The number of ether oxygens (including phenoxy) is 1. The van der Waals surface area contributed by atoms with Gasteiger partial charge in [-0.05, 0) is 32.4 Å². The second kappa shape index (κ2) is 5.84. The van der Waals surface area contributed by atoms with Crippen molar-refractivity contribution in [2.24, 2.45) is 4.99 Å². The van der Waals surface area contributed by atoms with Gasteiger partial charge in [0.25, 0.3) is 5.56 Å². The lowest BCUT2D eigenvalue weighted by Gasteiger charge is -2.03. The van der Waals surface area contributed by atoms with Gasteiger partial charge in [0.15, 0.2) is 5.70 Å². The maximum Gasteiger partial charge on any atom is 0.357 e. The molecule has 0 fully saturated rings. The van der Waals surface area contributed by atoms with Crippen LogP contribution in [0.15, 0.2) is 31.4 Å². The highest BCUT2D eigenvalue weighted by atomic mass is 16.5. The van der Waals surface area contributed by atoms with Gasteiger partial charge in [-0.3, -0.25) is 14.8 Å². The number of esters is 1. The maximum atomic E-state index is 11.8. The Hall–Kier alpha value is -2.90. The van der Waals surface area contributed by atoms with Crippen LogP contribution in [-0.4, -0.2) is 33.4 Å². The van der Waals surface area contributed by atoms with Gasteiger partial charge in [0.1, 0.15) is 5.56 Å². The number of aliphatic imine (C=N–C) groups is 1. The van der Waals surface area contributed by atoms with E-state index in [4.69, 9.17) is 4.74 Å². The summed E-state index contributed by atoms with van der Waals surface area (Å²) >= 11 is 0. The van der Waals surface area contributed by atoms with Crippen LogP contribution >= 0.6 is 0 Å². The Bertz CT molecular complexity index is 839. The van der Waals surface area contributed by atoms with Crippen molar-refractivity contribution in [2.45, 2.75) is 20.8 Å². The van der Waals surface area contributed by atoms with Gasteiger partial charge in [0.05, 0.1) is 6.61 Å². The van der Waals surface area contributed by atoms with E-state index in [2.05, 4.69) is 9.98 Å². The number of rotatable bonds is 3. The van der Waals surface area contributed by atoms with Gasteiger partial charge in [0.2, 0.25) is 5.88 Å². The molecule has 2 rings (SSSR count). The van der Waals surface area contributed by atoms with Crippen LogP contribution in [-0.2, 0) is 9.53 Å². The summed E-state index contributed by atoms with van der Waals surface area (Å²) in [4.78, 5) is 42.8. The molecule has 0 unspecified atom stereocenters. The highest BCUT2D eigenvalue weighted by Crippen LogP contribution is 2.28. The number of aromatic hydroxyl groups is 1. The Morgan fingerprint density at radius 1 is 1.32 bits per heavy atom. The molecule has 0 amide bonds. The van der Waals surface area contributed by atoms with E-state index in [0.717, 1.165) is 0 Å². The minimum Gasteiger partial charge on any atom is -0.494 e. The topological polar surface area (TPSA) is 125 Å². The molecule has 0 aliphatic carbocycles. The lowest BCUT2D eigenvalue weighted by Crippen LogP contribution is -2.23. The molecule has 0 spiro atoms. The van der Waals surface area contributed by atoms with Crippen LogP contribution in [0.3, 0.4) is 0 Å². The lowest BCUT2D eigenvalue weighted by molar-refractivity contribution is -0.138. The fourth-order valence-corrected chi connectivity index (χ4v) is 2.08. The van der Waals surface area contributed by atoms with Gasteiger partial charge in [-0.15, -0.1) is 0 Å². The normalized spacial score (nSPS) is 16.1. The summed E-state index contributed by atoms with van der Waals surface area (Å²) in [5.41, 5.74) is 0.0434. The molecule has 0 bridgehead atoms. The van der Waals surface area contributed by atoms with Crippen LogP contribution in [0.4, 0.5) is 0 Å². The predicted octanol–water partition coefficient (Wildman–Crippen LogP) is 0.464. The molecule has 1 aliphatic rings. The molecule has 1 aliphatic heterocycles. The first kappa shape index (κ1) is 15.5. The SMILES string of the molecule is CCOC(=O)C1=C(C)/C(=C\c2c(O)[nH]c(=O)[nH]c2=O)C(C)=N1. The second-order valence-electron chi connectivity index (χ2n) is 4.62. The van der Waals surface area contributed by atoms with Crippen LogP contribution in [0, 0.1) is 0 Å². The van der Waals surface area contributed by atoms with Crippen molar-refractivity contribution in [1.82, 2.24) is 9.97 Å². The molecule has 3 N–H and O–H groups in total. The number of aromatic nitrogens is 2. The van der Waals surface area contributed by atoms with Crippen molar-refractivity contribution in [3.8, 4) is 5.88 Å². The molecule has 0 saturated carbocycles. The van der Waals surface area contributed by atoms with Crippen molar-refractivity contribution >= 4 is 17.8 Å². The van der Waals surface area contributed by atoms with Crippen molar-refractivity contribution in [2.75, 3.05) is 6.61 Å². The zero-order valence-electron chi connectivity index (χ0n) is 12.3. The van der Waals surface area contributed by atoms with Gasteiger partial charge < -0.3 is 9.84 Å². The fourth-order valence-electron chi connectivity index (χ4n) is 2.08. The molecule has 116 valence electrons. The van der Waals surface area contributed by atoms with Crippen molar-refractivity contribution in [3.05, 3.63) is 43.2 Å². The molecule has 0 saturated heterocycles. The van der Waals surface area contributed by atoms with E-state index < -0.39 is 23.1 Å². The van der Waals surface area contributed by atoms with E-state index >= 15 is 0 Å². The Kier molecular flexibility index (Phi) is 4.11. The third-order valence-electron chi connectivity index (χ3n) is 3.14. The van der Waals surface area contributed by atoms with Crippen molar-refractivity contribution in [1.29, 1.82) is 0 Å². The summed E-state index contributed by atoms with van der Waals surface area (Å²) in [5.74, 6) is -1.10. The zero-order valence-corrected chi connectivity index (χ0v) is 12.3. The summed E-state index contributed by atoms with van der Waals surface area (Å²) in [6, 6.07) is 0. The molecule has 8 heteroatoms. The standard InChI is InChI=1S/C14H15N3O5/c1-4-22-13(20)10-6(2)8(7(3)15-10)5-9-11(18)16-14(21)17-12(9)19/h5H,4H2,1-3H3,(H3,16,17,18,19,21)/b8-5+. The van der Waals surface area contributed by atoms with Crippen LogP contribution in [0.2, 0.25) is 0 Å². The number of nitrogens with one attached hydrogen (secondary N) is 2. The molecule has 0 atom stereocenters. The van der Waals surface area contributed by atoms with E-state index in [1.807, 2.05) is 4.98 Å². The Morgan fingerprint density at radius 3 is 2.59 bits per heavy atom. The van der Waals surface area contributed by atoms with Gasteiger partial charge in [-0.1, -0.05) is 0 Å². The average molecular weight is 305 g/mol. The van der Waals surface area contributed by atoms with Crippen molar-refractivity contribution in [3.63, 3.8) is 0 Å². The molecule has 2 heterocycles. The second-order valence-corrected chi connectivity index (χ2v) is 4.62. The molecule has 0 radical (unpaired) electrons. The highest BCUT2D eigenvalue weighted by molar-refractivity contribution is 6.13. The van der Waals surface area contributed by atoms with Crippen LogP contribution in [0.1, 0.15) is 26.3 Å². The number of aromatic amines is 2. The molecule has 1 aromatic heterocycles. The van der Waals surface area contributed by atoms with E-state index in [9.17, 15) is 19.5 Å². The largest absolute Gasteiger partial charge is 0.494 e. The minimum atomic E-state index is -0.805. The highest BCUT2D eigenvalue weighted by Gasteiger charge is 2.24. The average Bonchev–Trinajstić information content (AvgIpc) is 2.70. The van der Waals surface area contributed by atoms with E-state index in [-0.39, 0.29) is 17.9 Å². The molecule has 22 heavy (non-hydrogen) atoms. The first-order valence-corrected chi connectivity index (χ1v) is 6.56. The first-order valence-electron chi connectivity index (χ1n) is 6.56. The van der Waals surface area contributed by atoms with E-state index in [1.165, 1.54) is 6.08 Å². The number of hydrogen-bond acceptors (Lipinski definition) is 6. The van der Waals surface area contributed by atoms with Crippen LogP contribution < -0.4 is 11.2 Å². The number of nitrogens with zero attached hydrogens (tertiary/aromatic N) is 1. The monoisotopic (exact) mass is 305 g/mol. The minimum absolute atomic E-state index is 0.117. The van der Waals surface area contributed by atoms with Gasteiger partial charge >= 0.3 is 11.7 Å². The Balaban J connectivity index is 2.55. The maximum absolute atomic E-state index is 11.8. The third-order valence-corrected chi connectivity index (χ3v) is 3.14. The van der Waals surface area contributed by atoms with E-state index in [0.29, 0.717) is 16.9 Å². The predicted molar refractivity (Wildman–Crippen MR) is 79.8 cm³/mol. The van der Waals surface area contributed by atoms with Crippen molar-refractivity contribution < 1.29 is 14.6 Å². The van der Waals surface area contributed by atoms with Gasteiger partial charge in [-0.25, -0.2) is 14.6 Å². The molecule has 8 nitrogen and oxygen atoms in total. The number of carbonyl (C=O) groups is 1. The lowest BCUT2D eigenvalue weighted by atomic mass is 10.0. The summed E-state index contributed by atoms with van der Waals surface area (Å²) in [5, 5.41) is 9.70. The zero-order chi connectivity index (χ0) is 16.4. The Labute approximate surface area is 124 Å². The third kappa shape index (κ3) is 2.76. The number of H-pyrrole nitrogens is 2. The van der Waals surface area contributed by atoms with Crippen LogP contribution in [0.25, 0.3) is 6.08 Å². The molecular weight excluding hydrogens is 290 g/mol. The van der Waals surface area contributed by atoms with E-state index in [1.54, 1.807) is 20.8 Å². The van der Waals surface area contributed by atoms with Gasteiger partial charge in [-0.2, -0.15) is 0 Å². The summed E-state index contributed by atoms with van der Waals surface area (Å²) in [6.07, 6.45) is 1.37. The quantitative estimate of drug-likeness (QED) is 0.700. The smallest absolute Gasteiger partial charge is 0.357 e. The number of hydrogen-bond donors (Lipinski definition) is 3. The van der Waals surface area contributed by atoms with Gasteiger partial charge in [0, 0.05) is 11.3 Å². The molecule has 0 aromatic carbocycles. The first-order chi connectivity index (χ1) is 10.3. The summed E-state index contributed by atoms with van der Waals surface area (Å²) in [7, 11) is 0. The number of allylic oxidation sites excluding steroid dienone is 2.